The van der Waals surface area contributed by atoms with Crippen LogP contribution in [0.25, 0.3) is 0 Å². The average Bonchev–Trinajstić information content (AvgIpc) is 2.68. The van der Waals surface area contributed by atoms with Crippen molar-refractivity contribution in [1.82, 2.24) is 0 Å². The lowest BCUT2D eigenvalue weighted by molar-refractivity contribution is -0.151. The van der Waals surface area contributed by atoms with Gasteiger partial charge >= 0.3 is 11.9 Å². The van der Waals surface area contributed by atoms with Gasteiger partial charge in [-0.1, -0.05) is 93.6 Å². The summed E-state index contributed by atoms with van der Waals surface area (Å²) in [6, 6.07) is 0. The summed E-state index contributed by atoms with van der Waals surface area (Å²) in [6.07, 6.45) is 21.0. The van der Waals surface area contributed by atoms with Crippen molar-refractivity contribution in [2.24, 2.45) is 0 Å². The number of ether oxygens (including phenoxy) is 2. The maximum absolute atomic E-state index is 11.5. The van der Waals surface area contributed by atoms with Gasteiger partial charge in [-0.05, 0) is 32.1 Å². The second kappa shape index (κ2) is 21.0. The van der Waals surface area contributed by atoms with Gasteiger partial charge in [0.1, 0.15) is 13.2 Å². The predicted molar refractivity (Wildman–Crippen MR) is 117 cm³/mol. The fraction of sp³-hybridized carbons (Fsp3) is 0.818. The van der Waals surface area contributed by atoms with Crippen LogP contribution in [0.2, 0.25) is 0 Å². The van der Waals surface area contributed by atoms with Crippen molar-refractivity contribution in [3.63, 3.8) is 0 Å². The van der Waals surface area contributed by atoms with E-state index in [9.17, 15) is 9.59 Å². The van der Waals surface area contributed by atoms with E-state index in [1.807, 2.05) is 0 Å². The Balaban J connectivity index is 3.28. The molecule has 0 aliphatic carbocycles. The van der Waals surface area contributed by atoms with E-state index in [4.69, 9.17) is 32.7 Å². The van der Waals surface area contributed by atoms with Gasteiger partial charge in [-0.3, -0.25) is 4.79 Å². The van der Waals surface area contributed by atoms with Gasteiger partial charge in [-0.25, -0.2) is 4.79 Å². The molecule has 0 aromatic heterocycles. The zero-order valence-corrected chi connectivity index (χ0v) is 18.9. The highest BCUT2D eigenvalue weighted by Crippen LogP contribution is 2.10. The third-order valence-electron chi connectivity index (χ3n) is 4.41. The van der Waals surface area contributed by atoms with Crippen LogP contribution in [0.4, 0.5) is 0 Å². The van der Waals surface area contributed by atoms with Crippen LogP contribution in [-0.2, 0) is 19.1 Å². The number of halogens is 2. The number of carbonyl (C=O) groups excluding carboxylic acids is 2. The van der Waals surface area contributed by atoms with Crippen molar-refractivity contribution >= 4 is 35.1 Å². The first-order chi connectivity index (χ1) is 13.6. The van der Waals surface area contributed by atoms with Gasteiger partial charge in [0.05, 0.1) is 0 Å². The molecule has 164 valence electrons. The van der Waals surface area contributed by atoms with Crippen LogP contribution in [0, 0.1) is 0 Å². The quantitative estimate of drug-likeness (QED) is 0.0953. The monoisotopic (exact) mass is 436 g/mol. The van der Waals surface area contributed by atoms with Crippen molar-refractivity contribution < 1.29 is 19.1 Å². The van der Waals surface area contributed by atoms with Gasteiger partial charge in [0.15, 0.2) is 0 Å². The van der Waals surface area contributed by atoms with E-state index in [0.29, 0.717) is 6.42 Å². The van der Waals surface area contributed by atoms with Gasteiger partial charge in [-0.15, -0.1) is 0 Å². The molecule has 0 spiro atoms. The highest BCUT2D eigenvalue weighted by atomic mass is 35.5. The number of allylic oxidation sites excluding steroid dienone is 2. The Bertz CT molecular complexity index is 411. The van der Waals surface area contributed by atoms with Gasteiger partial charge in [-0.2, -0.15) is 0 Å². The minimum Gasteiger partial charge on any atom is -0.462 e. The Morgan fingerprint density at radius 3 is 1.82 bits per heavy atom. The number of unbranched alkanes of at least 4 members (excludes halogenated alkanes) is 11. The second-order valence-corrected chi connectivity index (χ2v) is 8.12. The second-order valence-electron chi connectivity index (χ2n) is 7.02. The maximum atomic E-state index is 11.5. The summed E-state index contributed by atoms with van der Waals surface area (Å²) in [4.78, 5) is 21.3. The number of esters is 2. The van der Waals surface area contributed by atoms with Gasteiger partial charge in [0, 0.05) is 6.42 Å². The van der Waals surface area contributed by atoms with Gasteiger partial charge in [0.25, 0.3) is 0 Å². The Labute approximate surface area is 181 Å². The molecule has 4 nitrogen and oxygen atoms in total. The first-order valence-electron chi connectivity index (χ1n) is 10.8. The third-order valence-corrected chi connectivity index (χ3v) is 4.77. The van der Waals surface area contributed by atoms with Crippen LogP contribution >= 0.6 is 23.2 Å². The summed E-state index contributed by atoms with van der Waals surface area (Å²) in [5, 5.41) is 0. The fourth-order valence-electron chi connectivity index (χ4n) is 2.77. The van der Waals surface area contributed by atoms with Crippen LogP contribution in [-0.4, -0.2) is 30.0 Å². The van der Waals surface area contributed by atoms with Crippen molar-refractivity contribution in [3.8, 4) is 0 Å². The zero-order valence-electron chi connectivity index (χ0n) is 17.4. The predicted octanol–water partition coefficient (Wildman–Crippen LogP) is 6.91. The molecule has 0 heterocycles. The third kappa shape index (κ3) is 20.0. The SMILES string of the molecule is CCCCCCCC/C=C\CCCCCCCC(=O)OCCOC(=O)C(Cl)Cl. The highest BCUT2D eigenvalue weighted by molar-refractivity contribution is 6.52. The summed E-state index contributed by atoms with van der Waals surface area (Å²) < 4.78 is 9.68. The van der Waals surface area contributed by atoms with Gasteiger partial charge < -0.3 is 9.47 Å². The molecule has 0 amide bonds. The standard InChI is InChI=1S/C22H38Cl2O4/c1-2-3-4-5-6-7-8-9-10-11-12-13-14-15-16-17-20(25)27-18-19-28-22(26)21(23)24/h9-10,21H,2-8,11-19H2,1H3/b10-9-. The largest absolute Gasteiger partial charge is 0.462 e. The molecule has 28 heavy (non-hydrogen) atoms. The lowest BCUT2D eigenvalue weighted by Gasteiger charge is -2.06. The Morgan fingerprint density at radius 1 is 0.750 bits per heavy atom. The molecule has 6 heteroatoms. The summed E-state index contributed by atoms with van der Waals surface area (Å²) in [7, 11) is 0. The lowest BCUT2D eigenvalue weighted by Crippen LogP contribution is -2.17. The molecule has 0 aromatic rings. The molecule has 0 saturated heterocycles. The number of rotatable bonds is 19. The topological polar surface area (TPSA) is 52.6 Å². The van der Waals surface area contributed by atoms with Crippen LogP contribution in [0.1, 0.15) is 96.8 Å². The Kier molecular flexibility index (Phi) is 20.4. The van der Waals surface area contributed by atoms with Crippen molar-refractivity contribution in [2.75, 3.05) is 13.2 Å². The number of alkyl halides is 2. The van der Waals surface area contributed by atoms with Crippen LogP contribution < -0.4 is 0 Å². The molecule has 0 fully saturated rings. The lowest BCUT2D eigenvalue weighted by atomic mass is 10.1. The van der Waals surface area contributed by atoms with Crippen molar-refractivity contribution in [1.29, 1.82) is 0 Å². The first kappa shape index (κ1) is 27.3. The van der Waals surface area contributed by atoms with E-state index in [2.05, 4.69) is 19.1 Å². The Morgan fingerprint density at radius 2 is 1.25 bits per heavy atom. The molecule has 0 unspecified atom stereocenters. The van der Waals surface area contributed by atoms with E-state index >= 15 is 0 Å². The molecule has 0 bridgehead atoms. The van der Waals surface area contributed by atoms with Crippen LogP contribution in [0.3, 0.4) is 0 Å². The average molecular weight is 437 g/mol. The van der Waals surface area contributed by atoms with E-state index in [1.54, 1.807) is 0 Å². The number of hydrogen-bond acceptors (Lipinski definition) is 4. The first-order valence-corrected chi connectivity index (χ1v) is 11.7. The van der Waals surface area contributed by atoms with E-state index in [-0.39, 0.29) is 19.2 Å². The summed E-state index contributed by atoms with van der Waals surface area (Å²) in [5.41, 5.74) is 0. The summed E-state index contributed by atoms with van der Waals surface area (Å²) in [5.74, 6) is -0.987. The fourth-order valence-corrected chi connectivity index (χ4v) is 2.90. The molecular weight excluding hydrogens is 399 g/mol. The normalized spacial score (nSPS) is 11.3. The van der Waals surface area contributed by atoms with Gasteiger partial charge in [0.2, 0.25) is 4.84 Å². The summed E-state index contributed by atoms with van der Waals surface area (Å²) >= 11 is 10.7. The maximum Gasteiger partial charge on any atom is 0.339 e. The molecule has 0 N–H and O–H groups in total. The van der Waals surface area contributed by atoms with E-state index in [1.165, 1.54) is 57.8 Å². The molecule has 0 aliphatic heterocycles. The minimum atomic E-state index is -1.20. The smallest absolute Gasteiger partial charge is 0.339 e. The molecule has 0 aliphatic rings. The number of carbonyl (C=O) groups is 2. The zero-order chi connectivity index (χ0) is 20.9. The molecule has 0 aromatic carbocycles. The van der Waals surface area contributed by atoms with Crippen LogP contribution in [0.5, 0.6) is 0 Å². The molecular formula is C22H38Cl2O4. The highest BCUT2D eigenvalue weighted by Gasteiger charge is 2.12. The molecule has 0 saturated carbocycles. The summed E-state index contributed by atoms with van der Waals surface area (Å²) in [6.45, 7) is 2.27. The van der Waals surface area contributed by atoms with E-state index in [0.717, 1.165) is 25.7 Å². The van der Waals surface area contributed by atoms with Crippen LogP contribution in [0.15, 0.2) is 12.2 Å². The van der Waals surface area contributed by atoms with Crippen molar-refractivity contribution in [2.45, 2.75) is 102 Å². The molecule has 0 rings (SSSR count). The molecule has 0 atom stereocenters. The minimum absolute atomic E-state index is 0.0209. The molecule has 0 radical (unpaired) electrons. The number of hydrogen-bond donors (Lipinski definition) is 0. The Hall–Kier alpha value is -0.740. The van der Waals surface area contributed by atoms with E-state index < -0.39 is 10.8 Å². The van der Waals surface area contributed by atoms with Crippen molar-refractivity contribution in [3.05, 3.63) is 12.2 Å².